The Morgan fingerprint density at radius 3 is 2.48 bits per heavy atom. The number of thioether (sulfide) groups is 1. The van der Waals surface area contributed by atoms with Crippen LogP contribution in [0, 0.1) is 5.82 Å². The summed E-state index contributed by atoms with van der Waals surface area (Å²) in [5.41, 5.74) is 4.46. The molecule has 0 spiro atoms. The number of alkyl halides is 3. The molecular formula is C31H28F4N6O2S. The van der Waals surface area contributed by atoms with Crippen LogP contribution in [0.2, 0.25) is 0 Å². The van der Waals surface area contributed by atoms with Crippen LogP contribution in [0.15, 0.2) is 83.0 Å². The average Bonchev–Trinajstić information content (AvgIpc) is 3.63. The normalized spacial score (nSPS) is 15.0. The second-order valence-corrected chi connectivity index (χ2v) is 11.4. The van der Waals surface area contributed by atoms with Crippen molar-refractivity contribution in [1.82, 2.24) is 14.8 Å². The van der Waals surface area contributed by atoms with Gasteiger partial charge in [-0.2, -0.15) is 4.99 Å². The number of hydrogen-bond acceptors (Lipinski definition) is 5. The van der Waals surface area contributed by atoms with Gasteiger partial charge in [-0.1, -0.05) is 49.9 Å². The van der Waals surface area contributed by atoms with Crippen molar-refractivity contribution in [3.63, 3.8) is 0 Å². The lowest BCUT2D eigenvalue weighted by atomic mass is 10.0. The summed E-state index contributed by atoms with van der Waals surface area (Å²) in [6.45, 7) is 6.41. The summed E-state index contributed by atoms with van der Waals surface area (Å²) in [5, 5.41) is 4.96. The summed E-state index contributed by atoms with van der Waals surface area (Å²) >= 11 is 1.46. The van der Waals surface area contributed by atoms with E-state index in [2.05, 4.69) is 24.8 Å². The Morgan fingerprint density at radius 1 is 1.07 bits per heavy atom. The SMILES string of the molecule is CC(Cc1ccc(-c2ncn(-c3ccc(OC(F)(F)F)cc3)n2)cc1)=NC(=O)N=C1SCCN1c1ccc(F)cc1C(C)C. The minimum atomic E-state index is -4.76. The Kier molecular flexibility index (Phi) is 9.14. The van der Waals surface area contributed by atoms with Crippen LogP contribution < -0.4 is 9.64 Å². The number of halogens is 4. The van der Waals surface area contributed by atoms with E-state index < -0.39 is 12.4 Å². The van der Waals surface area contributed by atoms with Crippen LogP contribution in [-0.2, 0) is 6.42 Å². The molecule has 2 amide bonds. The summed E-state index contributed by atoms with van der Waals surface area (Å²) in [6.07, 6.45) is -2.86. The molecule has 1 fully saturated rings. The first-order valence-electron chi connectivity index (χ1n) is 13.7. The Morgan fingerprint density at radius 2 is 1.80 bits per heavy atom. The van der Waals surface area contributed by atoms with Crippen LogP contribution in [-0.4, -0.2) is 50.3 Å². The lowest BCUT2D eigenvalue weighted by Gasteiger charge is -2.23. The number of benzene rings is 3. The lowest BCUT2D eigenvalue weighted by Crippen LogP contribution is -2.26. The molecule has 0 saturated carbocycles. The number of carbonyl (C=O) groups is 1. The predicted octanol–water partition coefficient (Wildman–Crippen LogP) is 7.83. The van der Waals surface area contributed by atoms with Crippen molar-refractivity contribution < 1.29 is 27.1 Å². The fraction of sp³-hybridized carbons (Fsp3) is 0.258. The molecule has 1 aliphatic heterocycles. The van der Waals surface area contributed by atoms with Crippen LogP contribution in [0.25, 0.3) is 17.1 Å². The van der Waals surface area contributed by atoms with Gasteiger partial charge < -0.3 is 9.64 Å². The molecule has 2 heterocycles. The largest absolute Gasteiger partial charge is 0.573 e. The van der Waals surface area contributed by atoms with E-state index in [-0.39, 0.29) is 17.5 Å². The molecule has 0 unspecified atom stereocenters. The molecular weight excluding hydrogens is 596 g/mol. The van der Waals surface area contributed by atoms with Gasteiger partial charge in [-0.15, -0.1) is 18.3 Å². The van der Waals surface area contributed by atoms with Crippen LogP contribution >= 0.6 is 11.8 Å². The minimum absolute atomic E-state index is 0.101. The van der Waals surface area contributed by atoms with Crippen molar-refractivity contribution >= 4 is 34.4 Å². The number of nitrogens with zero attached hydrogens (tertiary/aromatic N) is 6. The highest BCUT2D eigenvalue weighted by molar-refractivity contribution is 8.14. The first-order chi connectivity index (χ1) is 20.9. The number of anilines is 1. The third-order valence-electron chi connectivity index (χ3n) is 6.66. The Bertz CT molecular complexity index is 1700. The van der Waals surface area contributed by atoms with Gasteiger partial charge in [0.2, 0.25) is 0 Å². The highest BCUT2D eigenvalue weighted by atomic mass is 32.2. The molecule has 1 aromatic heterocycles. The summed E-state index contributed by atoms with van der Waals surface area (Å²) < 4.78 is 56.4. The molecule has 1 aliphatic rings. The van der Waals surface area contributed by atoms with Crippen LogP contribution in [0.1, 0.15) is 37.8 Å². The minimum Gasteiger partial charge on any atom is -0.406 e. The first kappa shape index (κ1) is 30.9. The fourth-order valence-corrected chi connectivity index (χ4v) is 5.59. The summed E-state index contributed by atoms with van der Waals surface area (Å²) in [4.78, 5) is 27.4. The van der Waals surface area contributed by atoms with Gasteiger partial charge in [-0.3, -0.25) is 0 Å². The van der Waals surface area contributed by atoms with Crippen LogP contribution in [0.3, 0.4) is 0 Å². The Hall–Kier alpha value is -4.52. The highest BCUT2D eigenvalue weighted by Crippen LogP contribution is 2.33. The van der Waals surface area contributed by atoms with Crippen molar-refractivity contribution in [3.8, 4) is 22.8 Å². The number of rotatable bonds is 7. The summed E-state index contributed by atoms with van der Waals surface area (Å²) in [7, 11) is 0. The maximum atomic E-state index is 13.9. The quantitative estimate of drug-likeness (QED) is 0.154. The summed E-state index contributed by atoms with van der Waals surface area (Å²) in [5.74, 6) is 0.666. The molecule has 3 aromatic carbocycles. The van der Waals surface area contributed by atoms with Crippen molar-refractivity contribution in [2.75, 3.05) is 17.2 Å². The number of amides is 2. The second kappa shape index (κ2) is 13.0. The fourth-order valence-electron chi connectivity index (χ4n) is 4.65. The van der Waals surface area contributed by atoms with Gasteiger partial charge in [0.05, 0.1) is 5.69 Å². The zero-order valence-electron chi connectivity index (χ0n) is 24.0. The van der Waals surface area contributed by atoms with Crippen molar-refractivity contribution in [1.29, 1.82) is 0 Å². The number of ether oxygens (including phenoxy) is 1. The maximum Gasteiger partial charge on any atom is 0.573 e. The average molecular weight is 625 g/mol. The number of amidine groups is 1. The molecule has 0 atom stereocenters. The van der Waals surface area contributed by atoms with E-state index in [0.717, 1.165) is 28.1 Å². The predicted molar refractivity (Wildman–Crippen MR) is 163 cm³/mol. The smallest absolute Gasteiger partial charge is 0.406 e. The van der Waals surface area contributed by atoms with E-state index in [1.807, 2.05) is 43.0 Å². The zero-order valence-corrected chi connectivity index (χ0v) is 24.9. The molecule has 4 aromatic rings. The number of urea groups is 1. The van der Waals surface area contributed by atoms with E-state index in [1.54, 1.807) is 13.0 Å². The second-order valence-electron chi connectivity index (χ2n) is 10.3. The van der Waals surface area contributed by atoms with Crippen LogP contribution in [0.4, 0.5) is 28.0 Å². The van der Waals surface area contributed by atoms with Crippen LogP contribution in [0.5, 0.6) is 5.75 Å². The van der Waals surface area contributed by atoms with Crippen molar-refractivity contribution in [2.24, 2.45) is 9.98 Å². The van der Waals surface area contributed by atoms with Gasteiger partial charge in [0.25, 0.3) is 0 Å². The molecule has 13 heteroatoms. The highest BCUT2D eigenvalue weighted by Gasteiger charge is 2.31. The summed E-state index contributed by atoms with van der Waals surface area (Å²) in [6, 6.07) is 16.8. The van der Waals surface area contributed by atoms with Gasteiger partial charge in [0, 0.05) is 35.7 Å². The number of aromatic nitrogens is 3. The van der Waals surface area contributed by atoms with Crippen molar-refractivity contribution in [2.45, 2.75) is 39.5 Å². The third kappa shape index (κ3) is 7.70. The maximum absolute atomic E-state index is 13.9. The van der Waals surface area contributed by atoms with E-state index in [1.165, 1.54) is 59.2 Å². The number of aliphatic imine (C=N–C) groups is 2. The third-order valence-corrected chi connectivity index (χ3v) is 7.61. The van der Waals surface area contributed by atoms with E-state index >= 15 is 0 Å². The number of hydrogen-bond donors (Lipinski definition) is 0. The molecule has 8 nitrogen and oxygen atoms in total. The number of carbonyl (C=O) groups excluding carboxylic acids is 1. The topological polar surface area (TPSA) is 85.0 Å². The van der Waals surface area contributed by atoms with E-state index in [9.17, 15) is 22.4 Å². The van der Waals surface area contributed by atoms with Gasteiger partial charge in [-0.05, 0) is 66.4 Å². The van der Waals surface area contributed by atoms with Gasteiger partial charge in [0.1, 0.15) is 17.9 Å². The van der Waals surface area contributed by atoms with Gasteiger partial charge >= 0.3 is 12.4 Å². The lowest BCUT2D eigenvalue weighted by molar-refractivity contribution is -0.274. The molecule has 0 N–H and O–H groups in total. The first-order valence-corrected chi connectivity index (χ1v) is 14.7. The van der Waals surface area contributed by atoms with Crippen molar-refractivity contribution in [3.05, 3.63) is 90.0 Å². The van der Waals surface area contributed by atoms with E-state index in [4.69, 9.17) is 0 Å². The Labute approximate surface area is 255 Å². The van der Waals surface area contributed by atoms with Gasteiger partial charge in [-0.25, -0.2) is 23.8 Å². The molecule has 0 radical (unpaired) electrons. The Balaban J connectivity index is 1.22. The van der Waals surface area contributed by atoms with Gasteiger partial charge in [0.15, 0.2) is 11.0 Å². The standard InChI is InChI=1S/C31H28F4N6O2S/c1-19(2)26-17-23(32)8-13-27(26)40-14-15-44-30(40)38-29(42)37-20(3)16-21-4-6-22(7-5-21)28-36-18-41(39-28)24-9-11-25(12-10-24)43-31(33,34)35/h4-13,17-19H,14-16H2,1-3H3. The van der Waals surface area contributed by atoms with E-state index in [0.29, 0.717) is 35.4 Å². The molecule has 5 rings (SSSR count). The molecule has 228 valence electrons. The molecule has 0 bridgehead atoms. The monoisotopic (exact) mass is 624 g/mol. The molecule has 0 aliphatic carbocycles. The zero-order chi connectivity index (χ0) is 31.4. The molecule has 44 heavy (non-hydrogen) atoms. The molecule has 1 saturated heterocycles.